The van der Waals surface area contributed by atoms with E-state index in [4.69, 9.17) is 9.47 Å². The van der Waals surface area contributed by atoms with Crippen LogP contribution in [0.1, 0.15) is 12.5 Å². The number of hydrogen-bond donors (Lipinski definition) is 2. The average Bonchev–Trinajstić information content (AvgIpc) is 2.75. The van der Waals surface area contributed by atoms with Crippen LogP contribution >= 0.6 is 0 Å². The molecule has 166 valence electrons. The van der Waals surface area contributed by atoms with Crippen LogP contribution in [0.15, 0.2) is 36.2 Å². The van der Waals surface area contributed by atoms with Crippen LogP contribution in [0.5, 0.6) is 0 Å². The number of rotatable bonds is 7. The lowest BCUT2D eigenvalue weighted by molar-refractivity contribution is -0.138. The molecule has 1 aromatic carbocycles. The summed E-state index contributed by atoms with van der Waals surface area (Å²) in [4.78, 5) is 17.5. The van der Waals surface area contributed by atoms with Crippen LogP contribution in [0.25, 0.3) is 0 Å². The van der Waals surface area contributed by atoms with E-state index in [9.17, 15) is 13.6 Å². The van der Waals surface area contributed by atoms with Gasteiger partial charge in [-0.2, -0.15) is 0 Å². The second-order valence-electron chi connectivity index (χ2n) is 6.60. The van der Waals surface area contributed by atoms with Gasteiger partial charge < -0.3 is 25.0 Å². The van der Waals surface area contributed by atoms with Crippen LogP contribution in [0.3, 0.4) is 0 Å². The molecule has 1 aromatic heterocycles. The number of anilines is 3. The Bertz CT molecular complexity index is 970. The molecule has 0 amide bonds. The number of benzene rings is 1. The number of pyridine rings is 1. The van der Waals surface area contributed by atoms with Crippen molar-refractivity contribution in [3.05, 3.63) is 59.2 Å². The van der Waals surface area contributed by atoms with Gasteiger partial charge in [0.05, 0.1) is 25.5 Å². The van der Waals surface area contributed by atoms with Crippen LogP contribution < -0.4 is 15.5 Å². The number of hydrogen-bond acceptors (Lipinski definition) is 7. The summed E-state index contributed by atoms with van der Waals surface area (Å²) < 4.78 is 55.1. The number of carbonyl (C=O) groups excluding carboxylic acids is 1. The number of fused-ring (bicyclic) bond motifs is 1. The first kappa shape index (κ1) is 22.4. The summed E-state index contributed by atoms with van der Waals surface area (Å²) in [6.07, 6.45) is 3.01. The molecule has 1 aliphatic rings. The molecule has 31 heavy (non-hydrogen) atoms. The van der Waals surface area contributed by atoms with Gasteiger partial charge in [0.15, 0.2) is 17.5 Å². The molecule has 0 unspecified atom stereocenters. The molecule has 0 saturated heterocycles. The maximum Gasteiger partial charge on any atom is 0.354 e. The number of nitrogens with zero attached hydrogens (tertiary/aromatic N) is 2. The summed E-state index contributed by atoms with van der Waals surface area (Å²) in [6, 6.07) is 5.29. The summed E-state index contributed by atoms with van der Waals surface area (Å²) in [6.45, 7) is 1.70. The maximum absolute atomic E-state index is 15.4. The Morgan fingerprint density at radius 2 is 1.97 bits per heavy atom. The third-order valence-corrected chi connectivity index (χ3v) is 4.61. The molecule has 0 spiro atoms. The molecule has 10 heteroatoms. The van der Waals surface area contributed by atoms with Gasteiger partial charge in [-0.25, -0.2) is 22.9 Å². The first-order valence-corrected chi connectivity index (χ1v) is 9.72. The van der Waals surface area contributed by atoms with E-state index in [0.29, 0.717) is 5.82 Å². The maximum atomic E-state index is 15.4. The minimum atomic E-state index is -1.35. The van der Waals surface area contributed by atoms with E-state index in [1.807, 2.05) is 0 Å². The van der Waals surface area contributed by atoms with Crippen LogP contribution in [-0.2, 0) is 20.9 Å². The van der Waals surface area contributed by atoms with Crippen molar-refractivity contribution in [2.24, 2.45) is 0 Å². The summed E-state index contributed by atoms with van der Waals surface area (Å²) in [5, 5.41) is 5.57. The highest BCUT2D eigenvalue weighted by molar-refractivity contribution is 5.93. The Morgan fingerprint density at radius 1 is 1.19 bits per heavy atom. The fraction of sp³-hybridized carbons (Fsp3) is 0.333. The molecule has 0 saturated carbocycles. The summed E-state index contributed by atoms with van der Waals surface area (Å²) in [7, 11) is 1.39. The Hall–Kier alpha value is -3.27. The lowest BCUT2D eigenvalue weighted by Crippen LogP contribution is -2.30. The first-order chi connectivity index (χ1) is 15.0. The number of nitrogens with one attached hydrogen (secondary N) is 2. The smallest absolute Gasteiger partial charge is 0.354 e. The highest BCUT2D eigenvalue weighted by Gasteiger charge is 2.31. The number of halogens is 3. The monoisotopic (exact) mass is 436 g/mol. The second kappa shape index (κ2) is 10.2. The largest absolute Gasteiger partial charge is 0.461 e. The Kier molecular flexibility index (Phi) is 7.35. The van der Waals surface area contributed by atoms with Gasteiger partial charge in [-0.05, 0) is 25.1 Å². The van der Waals surface area contributed by atoms with Gasteiger partial charge in [-0.3, -0.25) is 0 Å². The van der Waals surface area contributed by atoms with Gasteiger partial charge in [0.2, 0.25) is 0 Å². The van der Waals surface area contributed by atoms with Gasteiger partial charge >= 0.3 is 5.97 Å². The van der Waals surface area contributed by atoms with E-state index < -0.39 is 29.1 Å². The van der Waals surface area contributed by atoms with Gasteiger partial charge in [-0.1, -0.05) is 6.07 Å². The Balaban J connectivity index is 1.87. The first-order valence-electron chi connectivity index (χ1n) is 9.72. The molecule has 1 aliphatic heterocycles. The minimum absolute atomic E-state index is 0.0320. The Morgan fingerprint density at radius 3 is 2.68 bits per heavy atom. The Labute approximate surface area is 177 Å². The summed E-state index contributed by atoms with van der Waals surface area (Å²) >= 11 is 0. The molecule has 0 aliphatic carbocycles. The number of carbonyl (C=O) groups is 1. The second-order valence-corrected chi connectivity index (χ2v) is 6.60. The predicted molar refractivity (Wildman–Crippen MR) is 110 cm³/mol. The molecule has 0 fully saturated rings. The zero-order valence-electron chi connectivity index (χ0n) is 17.2. The number of ether oxygens (including phenoxy) is 2. The van der Waals surface area contributed by atoms with Crippen LogP contribution in [0.4, 0.5) is 30.4 Å². The number of aromatic nitrogens is 1. The van der Waals surface area contributed by atoms with Crippen LogP contribution in [0, 0.1) is 17.5 Å². The van der Waals surface area contributed by atoms with E-state index in [0.717, 1.165) is 4.90 Å². The van der Waals surface area contributed by atoms with Crippen molar-refractivity contribution in [3.8, 4) is 0 Å². The third kappa shape index (κ3) is 4.91. The molecule has 0 bridgehead atoms. The van der Waals surface area contributed by atoms with Gasteiger partial charge in [0.1, 0.15) is 17.2 Å². The quantitative estimate of drug-likeness (QED) is 0.391. The zero-order chi connectivity index (χ0) is 22.4. The van der Waals surface area contributed by atoms with Crippen molar-refractivity contribution in [2.45, 2.75) is 13.5 Å². The molecule has 3 rings (SSSR count). The fourth-order valence-corrected chi connectivity index (χ4v) is 3.16. The van der Waals surface area contributed by atoms with Crippen molar-refractivity contribution < 1.29 is 27.4 Å². The van der Waals surface area contributed by atoms with E-state index >= 15 is 4.39 Å². The molecule has 2 aromatic rings. The van der Waals surface area contributed by atoms with Crippen molar-refractivity contribution in [1.82, 2.24) is 4.98 Å². The number of esters is 1. The van der Waals surface area contributed by atoms with Crippen molar-refractivity contribution in [3.63, 3.8) is 0 Å². The molecule has 7 nitrogen and oxygen atoms in total. The minimum Gasteiger partial charge on any atom is -0.461 e. The van der Waals surface area contributed by atoms with Crippen LogP contribution in [0.2, 0.25) is 0 Å². The van der Waals surface area contributed by atoms with Gasteiger partial charge in [0, 0.05) is 31.9 Å². The molecule has 2 heterocycles. The van der Waals surface area contributed by atoms with Crippen molar-refractivity contribution >= 4 is 23.2 Å². The normalized spacial score (nSPS) is 15.3. The van der Waals surface area contributed by atoms with Gasteiger partial charge in [-0.15, -0.1) is 0 Å². The van der Waals surface area contributed by atoms with Crippen molar-refractivity contribution in [1.29, 1.82) is 0 Å². The molecular weight excluding hydrogens is 413 g/mol. The lowest BCUT2D eigenvalue weighted by atomic mass is 10.1. The van der Waals surface area contributed by atoms with Crippen LogP contribution in [-0.4, -0.2) is 44.3 Å². The zero-order valence-corrected chi connectivity index (χ0v) is 17.2. The standard InChI is InChI=1S/C21H23F3N4O3/c1-3-31-21(29)14-7-11-30-12-13-16(22)17(23)19(18(24)20(13)28(14)2)27-10-9-26-15-6-4-5-8-25-15/h4-8,27H,3,9-12H2,1-2H3,(H,25,26)/b14-7-. The van der Waals surface area contributed by atoms with E-state index in [2.05, 4.69) is 15.6 Å². The van der Waals surface area contributed by atoms with E-state index in [-0.39, 0.29) is 49.9 Å². The molecule has 2 N–H and O–H groups in total. The topological polar surface area (TPSA) is 75.7 Å². The SMILES string of the molecule is CCOC(=O)/C1=C/COCc2c(F)c(F)c(NCCNc3ccccn3)c(F)c2N1C. The third-order valence-electron chi connectivity index (χ3n) is 4.61. The molecule has 0 radical (unpaired) electrons. The highest BCUT2D eigenvalue weighted by Crippen LogP contribution is 2.37. The number of likely N-dealkylation sites (N-methyl/N-ethyl adjacent to an activating group) is 1. The van der Waals surface area contributed by atoms with Crippen molar-refractivity contribution in [2.75, 3.05) is 48.9 Å². The van der Waals surface area contributed by atoms with E-state index in [1.54, 1.807) is 31.3 Å². The lowest BCUT2D eigenvalue weighted by Gasteiger charge is -2.28. The predicted octanol–water partition coefficient (Wildman–Crippen LogP) is 3.44. The average molecular weight is 436 g/mol. The molecule has 0 atom stereocenters. The van der Waals surface area contributed by atoms with E-state index in [1.165, 1.54) is 13.1 Å². The fourth-order valence-electron chi connectivity index (χ4n) is 3.16. The highest BCUT2D eigenvalue weighted by atomic mass is 19.2. The summed E-state index contributed by atoms with van der Waals surface area (Å²) in [5.41, 5.74) is -1.27. The molecular formula is C21H23F3N4O3. The van der Waals surface area contributed by atoms with Gasteiger partial charge in [0.25, 0.3) is 0 Å². The summed E-state index contributed by atoms with van der Waals surface area (Å²) in [5.74, 6) is -3.76.